The van der Waals surface area contributed by atoms with Crippen LogP contribution in [0, 0.1) is 6.85 Å². The molecule has 0 aromatic carbocycles. The van der Waals surface area contributed by atoms with Gasteiger partial charge in [0.1, 0.15) is 22.3 Å². The third kappa shape index (κ3) is 5.01. The summed E-state index contributed by atoms with van der Waals surface area (Å²) in [5, 5.41) is 16.2. The van der Waals surface area contributed by atoms with Crippen molar-refractivity contribution >= 4 is 40.1 Å². The molecule has 38 heavy (non-hydrogen) atoms. The summed E-state index contributed by atoms with van der Waals surface area (Å²) >= 11 is 1.16. The Labute approximate surface area is 233 Å². The fraction of sp³-hybridized carbons (Fsp3) is 0.423. The number of alkyl carbamates (subject to hydrolysis) is 1. The number of pyridine rings is 2. The minimum Gasteiger partial charge on any atom is -0.453 e. The Morgan fingerprint density at radius 1 is 1.24 bits per heavy atom. The lowest BCUT2D eigenvalue weighted by molar-refractivity contribution is 0.0823. The predicted octanol–water partition coefficient (Wildman–Crippen LogP) is 3.98. The number of hydrogen-bond acceptors (Lipinski definition) is 9. The number of aryl methyl sites for hydroxylation is 2. The summed E-state index contributed by atoms with van der Waals surface area (Å²) in [4.78, 5) is 39.1. The molecular weight excluding hydrogens is 506 g/mol. The molecule has 2 atom stereocenters. The van der Waals surface area contributed by atoms with Crippen LogP contribution in [0.3, 0.4) is 0 Å². The third-order valence-electron chi connectivity index (χ3n) is 6.26. The molecule has 200 valence electrons. The maximum atomic E-state index is 13.6. The van der Waals surface area contributed by atoms with Crippen LogP contribution in [0.4, 0.5) is 16.4 Å². The molecule has 4 aromatic rings. The van der Waals surface area contributed by atoms with Gasteiger partial charge in [-0.1, -0.05) is 0 Å². The quantitative estimate of drug-likeness (QED) is 0.332. The second-order valence-electron chi connectivity index (χ2n) is 9.50. The SMILES string of the molecule is [2H]C([2H])([2H])c1cc(Nc2cc3c(cn2)n(C([2H])([2H])[2H])c(=O)n3[C@@H]2CC[C@@]([2H])(NC(=O)OC)C2)nc(-c2ncc(C(C)(C)O)s2)c1. The van der Waals surface area contributed by atoms with Gasteiger partial charge in [-0.05, 0) is 57.7 Å². The van der Waals surface area contributed by atoms with Crippen LogP contribution in [0.25, 0.3) is 21.7 Å². The number of aromatic nitrogens is 5. The molecule has 0 saturated heterocycles. The predicted molar refractivity (Wildman–Crippen MR) is 146 cm³/mol. The van der Waals surface area contributed by atoms with Gasteiger partial charge in [0.15, 0.2) is 0 Å². The van der Waals surface area contributed by atoms with Crippen molar-refractivity contribution in [2.45, 2.75) is 57.6 Å². The van der Waals surface area contributed by atoms with Crippen LogP contribution in [0.1, 0.15) is 59.2 Å². The van der Waals surface area contributed by atoms with Crippen LogP contribution in [0.5, 0.6) is 0 Å². The van der Waals surface area contributed by atoms with E-state index in [2.05, 4.69) is 30.3 Å². The Morgan fingerprint density at radius 2 is 2.08 bits per heavy atom. The highest BCUT2D eigenvalue weighted by molar-refractivity contribution is 7.15. The number of carbonyl (C=O) groups excluding carboxylic acids is 1. The number of imidazole rings is 1. The molecule has 1 saturated carbocycles. The first-order valence-electron chi connectivity index (χ1n) is 15.3. The maximum absolute atomic E-state index is 13.6. The number of rotatable bonds is 6. The van der Waals surface area contributed by atoms with E-state index in [0.29, 0.717) is 20.9 Å². The fourth-order valence-corrected chi connectivity index (χ4v) is 5.29. The van der Waals surface area contributed by atoms with Gasteiger partial charge in [-0.2, -0.15) is 0 Å². The Hall–Kier alpha value is -3.77. The van der Waals surface area contributed by atoms with E-state index >= 15 is 0 Å². The van der Waals surface area contributed by atoms with Gasteiger partial charge in [-0.15, -0.1) is 11.3 Å². The van der Waals surface area contributed by atoms with Crippen molar-refractivity contribution in [2.24, 2.45) is 6.98 Å². The monoisotopic (exact) mass is 544 g/mol. The van der Waals surface area contributed by atoms with Crippen molar-refractivity contribution < 1.29 is 24.2 Å². The topological polar surface area (TPSA) is 136 Å². The molecule has 11 nitrogen and oxygen atoms in total. The Balaban J connectivity index is 1.58. The molecule has 0 aliphatic heterocycles. The van der Waals surface area contributed by atoms with Gasteiger partial charge in [-0.25, -0.2) is 24.5 Å². The number of nitrogens with zero attached hydrogens (tertiary/aromatic N) is 5. The largest absolute Gasteiger partial charge is 0.453 e. The molecule has 12 heteroatoms. The number of hydrogen-bond donors (Lipinski definition) is 3. The number of nitrogens with one attached hydrogen (secondary N) is 2. The molecule has 1 aliphatic rings. The zero-order valence-electron chi connectivity index (χ0n) is 27.9. The molecule has 0 radical (unpaired) electrons. The molecule has 0 spiro atoms. The summed E-state index contributed by atoms with van der Waals surface area (Å²) in [5.41, 5.74) is -1.53. The molecule has 5 rings (SSSR count). The Morgan fingerprint density at radius 3 is 2.79 bits per heavy atom. The van der Waals surface area contributed by atoms with Crippen LogP contribution < -0.4 is 16.3 Å². The van der Waals surface area contributed by atoms with Crippen molar-refractivity contribution in [3.63, 3.8) is 0 Å². The van der Waals surface area contributed by atoms with Crippen LogP contribution in [0.15, 0.2) is 35.4 Å². The average molecular weight is 545 g/mol. The fourth-order valence-electron chi connectivity index (χ4n) is 4.41. The molecule has 4 aromatic heterocycles. The number of thiazole rings is 1. The summed E-state index contributed by atoms with van der Waals surface area (Å²) in [5.74, 6) is 0.238. The number of methoxy groups -OCH3 is 1. The number of ether oxygens (including phenoxy) is 1. The summed E-state index contributed by atoms with van der Waals surface area (Å²) in [6, 6.07) is 2.11. The van der Waals surface area contributed by atoms with Crippen LogP contribution >= 0.6 is 11.3 Å². The lowest BCUT2D eigenvalue weighted by atomic mass is 10.1. The van der Waals surface area contributed by atoms with Gasteiger partial charge in [0, 0.05) is 39.5 Å². The molecule has 1 aliphatic carbocycles. The average Bonchev–Trinajstić information content (AvgIpc) is 3.63. The van der Waals surface area contributed by atoms with E-state index < -0.39 is 43.3 Å². The standard InChI is InChI=1S/C26H31N7O4S/c1-14-8-17(23-28-13-20(38-23)26(2,3)36)30-22(9-14)31-21-11-18-19(12-27-21)32(4)25(35)33(18)16-7-6-15(10-16)29-24(34)37-5/h8-9,11-13,15-16,36H,6-7,10H2,1-5H3,(H,29,34)(H,27,30,31)/t15-,16-/m1/s1/i1D3,4D3,15D. The van der Waals surface area contributed by atoms with Gasteiger partial charge in [-0.3, -0.25) is 9.13 Å². The lowest BCUT2D eigenvalue weighted by Crippen LogP contribution is -2.33. The van der Waals surface area contributed by atoms with Crippen molar-refractivity contribution in [3.8, 4) is 10.7 Å². The first kappa shape index (κ1) is 18.5. The van der Waals surface area contributed by atoms with Crippen LogP contribution in [0.2, 0.25) is 0 Å². The van der Waals surface area contributed by atoms with E-state index in [0.717, 1.165) is 11.3 Å². The van der Waals surface area contributed by atoms with Gasteiger partial charge in [0.05, 0.1) is 36.2 Å². The number of anilines is 2. The van der Waals surface area contributed by atoms with Crippen LogP contribution in [-0.4, -0.2) is 48.4 Å². The smallest absolute Gasteiger partial charge is 0.407 e. The van der Waals surface area contributed by atoms with Crippen molar-refractivity contribution in [3.05, 3.63) is 51.5 Å². The summed E-state index contributed by atoms with van der Waals surface area (Å²) in [6.07, 6.45) is 2.43. The van der Waals surface area contributed by atoms with E-state index in [1.807, 2.05) is 0 Å². The van der Waals surface area contributed by atoms with E-state index in [1.54, 1.807) is 13.8 Å². The lowest BCUT2D eigenvalue weighted by Gasteiger charge is -2.14. The molecular formula is C26H31N7O4S. The number of aliphatic hydroxyl groups is 1. The summed E-state index contributed by atoms with van der Waals surface area (Å²) in [7, 11) is 1.18. The van der Waals surface area contributed by atoms with Gasteiger partial charge < -0.3 is 20.5 Å². The number of amides is 1. The first-order valence-corrected chi connectivity index (χ1v) is 12.6. The normalized spacial score (nSPS) is 22.9. The van der Waals surface area contributed by atoms with Gasteiger partial charge in [0.25, 0.3) is 0 Å². The minimum atomic E-state index is -2.83. The second kappa shape index (κ2) is 9.84. The first-order chi connectivity index (χ1) is 20.8. The van der Waals surface area contributed by atoms with Crippen molar-refractivity contribution in [1.82, 2.24) is 29.4 Å². The van der Waals surface area contributed by atoms with Gasteiger partial charge in [0.2, 0.25) is 0 Å². The summed E-state index contributed by atoms with van der Waals surface area (Å²) < 4.78 is 63.1. The van der Waals surface area contributed by atoms with Gasteiger partial charge >= 0.3 is 11.8 Å². The minimum absolute atomic E-state index is 0.0131. The Kier molecular flexibility index (Phi) is 4.78. The zero-order chi connectivity index (χ0) is 33.1. The van der Waals surface area contributed by atoms with Crippen molar-refractivity contribution in [1.29, 1.82) is 0 Å². The zero-order valence-corrected chi connectivity index (χ0v) is 21.7. The van der Waals surface area contributed by atoms with E-state index in [9.17, 15) is 14.7 Å². The molecule has 0 unspecified atom stereocenters. The maximum Gasteiger partial charge on any atom is 0.407 e. The molecule has 3 N–H and O–H groups in total. The molecule has 1 fully saturated rings. The number of carbonyl (C=O) groups is 1. The highest BCUT2D eigenvalue weighted by Crippen LogP contribution is 2.34. The summed E-state index contributed by atoms with van der Waals surface area (Å²) in [6.45, 7) is -2.12. The molecule has 1 amide bonds. The van der Waals surface area contributed by atoms with E-state index in [4.69, 9.17) is 9.60 Å². The molecule has 4 heterocycles. The number of fused-ring (bicyclic) bond motifs is 1. The van der Waals surface area contributed by atoms with E-state index in [1.165, 1.54) is 42.3 Å². The Bertz CT molecular complexity index is 1830. The van der Waals surface area contributed by atoms with Crippen molar-refractivity contribution in [2.75, 3.05) is 12.4 Å². The van der Waals surface area contributed by atoms with Crippen LogP contribution in [-0.2, 0) is 17.3 Å². The third-order valence-corrected chi connectivity index (χ3v) is 7.59. The highest BCUT2D eigenvalue weighted by Gasteiger charge is 2.30. The highest BCUT2D eigenvalue weighted by atomic mass is 32.1. The molecule has 0 bridgehead atoms. The second-order valence-corrected chi connectivity index (χ2v) is 10.5. The van der Waals surface area contributed by atoms with E-state index in [-0.39, 0.29) is 46.8 Å².